The molecule has 5 heteroatoms. The SMILES string of the molecule is COC(=O)/C=C/c1c(C(C)(C)C)noc1-c1ccc(OC)cc1. The van der Waals surface area contributed by atoms with Crippen LogP contribution in [0.1, 0.15) is 32.0 Å². The molecular weight excluding hydrogens is 294 g/mol. The maximum absolute atomic E-state index is 11.4. The van der Waals surface area contributed by atoms with E-state index in [1.54, 1.807) is 13.2 Å². The lowest BCUT2D eigenvalue weighted by molar-refractivity contribution is -0.134. The molecule has 2 rings (SSSR count). The minimum absolute atomic E-state index is 0.218. The van der Waals surface area contributed by atoms with E-state index in [9.17, 15) is 4.79 Å². The molecule has 5 nitrogen and oxygen atoms in total. The Morgan fingerprint density at radius 2 is 1.83 bits per heavy atom. The largest absolute Gasteiger partial charge is 0.497 e. The number of carbonyl (C=O) groups is 1. The predicted molar refractivity (Wildman–Crippen MR) is 88.2 cm³/mol. The van der Waals surface area contributed by atoms with Crippen LogP contribution in [0.4, 0.5) is 0 Å². The zero-order valence-corrected chi connectivity index (χ0v) is 14.0. The normalized spacial score (nSPS) is 11.7. The van der Waals surface area contributed by atoms with E-state index in [1.807, 2.05) is 45.0 Å². The first-order valence-electron chi connectivity index (χ1n) is 7.27. The summed E-state index contributed by atoms with van der Waals surface area (Å²) in [4.78, 5) is 11.4. The van der Waals surface area contributed by atoms with Gasteiger partial charge in [-0.3, -0.25) is 0 Å². The van der Waals surface area contributed by atoms with Gasteiger partial charge in [-0.2, -0.15) is 0 Å². The molecule has 1 heterocycles. The molecule has 1 aromatic carbocycles. The molecule has 23 heavy (non-hydrogen) atoms. The summed E-state index contributed by atoms with van der Waals surface area (Å²) < 4.78 is 15.4. The van der Waals surface area contributed by atoms with Crippen LogP contribution in [0.15, 0.2) is 34.9 Å². The lowest BCUT2D eigenvalue weighted by Gasteiger charge is -2.15. The molecule has 0 fully saturated rings. The zero-order chi connectivity index (χ0) is 17.0. The lowest BCUT2D eigenvalue weighted by Crippen LogP contribution is -2.13. The molecule has 1 aromatic heterocycles. The van der Waals surface area contributed by atoms with Crippen LogP contribution in [0.5, 0.6) is 5.75 Å². The van der Waals surface area contributed by atoms with Gasteiger partial charge in [0, 0.05) is 22.6 Å². The van der Waals surface area contributed by atoms with E-state index >= 15 is 0 Å². The number of ether oxygens (including phenoxy) is 2. The van der Waals surface area contributed by atoms with Crippen LogP contribution < -0.4 is 4.74 Å². The molecule has 0 N–H and O–H groups in total. The average molecular weight is 315 g/mol. The number of hydrogen-bond acceptors (Lipinski definition) is 5. The molecule has 0 atom stereocenters. The van der Waals surface area contributed by atoms with E-state index in [0.29, 0.717) is 5.76 Å². The summed E-state index contributed by atoms with van der Waals surface area (Å²) in [5.74, 6) is 0.945. The number of aromatic nitrogens is 1. The predicted octanol–water partition coefficient (Wildman–Crippen LogP) is 3.83. The molecule has 2 aromatic rings. The Labute approximate surface area is 135 Å². The third-order valence-electron chi connectivity index (χ3n) is 3.38. The molecule has 0 saturated heterocycles. The molecule has 0 aliphatic heterocycles. The van der Waals surface area contributed by atoms with Crippen molar-refractivity contribution in [1.82, 2.24) is 5.16 Å². The van der Waals surface area contributed by atoms with Gasteiger partial charge in [-0.25, -0.2) is 4.79 Å². The minimum Gasteiger partial charge on any atom is -0.497 e. The number of nitrogens with zero attached hydrogens (tertiary/aromatic N) is 1. The van der Waals surface area contributed by atoms with Crippen LogP contribution in [0, 0.1) is 0 Å². The fourth-order valence-electron chi connectivity index (χ4n) is 2.16. The first-order chi connectivity index (χ1) is 10.9. The van der Waals surface area contributed by atoms with Gasteiger partial charge in [0.15, 0.2) is 5.76 Å². The van der Waals surface area contributed by atoms with Crippen LogP contribution in [-0.2, 0) is 14.9 Å². The van der Waals surface area contributed by atoms with Crippen molar-refractivity contribution in [2.75, 3.05) is 14.2 Å². The molecule has 0 aliphatic rings. The van der Waals surface area contributed by atoms with E-state index in [-0.39, 0.29) is 5.41 Å². The van der Waals surface area contributed by atoms with E-state index in [0.717, 1.165) is 22.6 Å². The Morgan fingerprint density at radius 3 is 2.35 bits per heavy atom. The zero-order valence-electron chi connectivity index (χ0n) is 14.0. The first kappa shape index (κ1) is 16.8. The van der Waals surface area contributed by atoms with Crippen molar-refractivity contribution in [2.45, 2.75) is 26.2 Å². The fourth-order valence-corrected chi connectivity index (χ4v) is 2.16. The fraction of sp³-hybridized carbons (Fsp3) is 0.333. The summed E-state index contributed by atoms with van der Waals surface area (Å²) in [6.45, 7) is 6.12. The topological polar surface area (TPSA) is 61.6 Å². The highest BCUT2D eigenvalue weighted by Crippen LogP contribution is 2.34. The van der Waals surface area contributed by atoms with Gasteiger partial charge in [0.2, 0.25) is 0 Å². The molecule has 0 radical (unpaired) electrons. The summed E-state index contributed by atoms with van der Waals surface area (Å²) in [5, 5.41) is 4.20. The van der Waals surface area contributed by atoms with Crippen molar-refractivity contribution in [2.24, 2.45) is 0 Å². The molecule has 122 valence electrons. The summed E-state index contributed by atoms with van der Waals surface area (Å²) >= 11 is 0. The van der Waals surface area contributed by atoms with Gasteiger partial charge in [0.25, 0.3) is 0 Å². The summed E-state index contributed by atoms with van der Waals surface area (Å²) in [7, 11) is 2.96. The molecule has 0 spiro atoms. The van der Waals surface area contributed by atoms with Crippen molar-refractivity contribution in [3.8, 4) is 17.1 Å². The number of carbonyl (C=O) groups excluding carboxylic acids is 1. The second-order valence-corrected chi connectivity index (χ2v) is 6.11. The van der Waals surface area contributed by atoms with Gasteiger partial charge in [-0.1, -0.05) is 25.9 Å². The Kier molecular flexibility index (Phi) is 4.89. The minimum atomic E-state index is -0.424. The number of benzene rings is 1. The van der Waals surface area contributed by atoms with Crippen molar-refractivity contribution in [3.05, 3.63) is 41.6 Å². The second-order valence-electron chi connectivity index (χ2n) is 6.11. The molecule has 0 aliphatic carbocycles. The van der Waals surface area contributed by atoms with Crippen molar-refractivity contribution in [3.63, 3.8) is 0 Å². The lowest BCUT2D eigenvalue weighted by atomic mass is 9.88. The molecule has 0 unspecified atom stereocenters. The third kappa shape index (κ3) is 3.80. The molecule has 0 amide bonds. The van der Waals surface area contributed by atoms with Crippen LogP contribution in [0.25, 0.3) is 17.4 Å². The van der Waals surface area contributed by atoms with Crippen molar-refractivity contribution < 1.29 is 18.8 Å². The summed E-state index contributed by atoms with van der Waals surface area (Å²) in [6.07, 6.45) is 3.05. The van der Waals surface area contributed by atoms with Crippen LogP contribution in [0.2, 0.25) is 0 Å². The highest BCUT2D eigenvalue weighted by molar-refractivity contribution is 5.89. The quantitative estimate of drug-likeness (QED) is 0.634. The Balaban J connectivity index is 2.52. The number of hydrogen-bond donors (Lipinski definition) is 0. The second kappa shape index (κ2) is 6.69. The highest BCUT2D eigenvalue weighted by atomic mass is 16.5. The number of esters is 1. The van der Waals surface area contributed by atoms with E-state index < -0.39 is 5.97 Å². The molecule has 0 saturated carbocycles. The standard InChI is InChI=1S/C18H21NO4/c1-18(2,3)17-14(10-11-15(20)22-5)16(23-19-17)12-6-8-13(21-4)9-7-12/h6-11H,1-5H3/b11-10+. The van der Waals surface area contributed by atoms with Crippen LogP contribution in [0.3, 0.4) is 0 Å². The monoisotopic (exact) mass is 315 g/mol. The smallest absolute Gasteiger partial charge is 0.330 e. The van der Waals surface area contributed by atoms with Gasteiger partial charge in [-0.05, 0) is 30.3 Å². The van der Waals surface area contributed by atoms with Gasteiger partial charge in [0.1, 0.15) is 5.75 Å². The Morgan fingerprint density at radius 1 is 1.17 bits per heavy atom. The maximum Gasteiger partial charge on any atom is 0.330 e. The van der Waals surface area contributed by atoms with Crippen molar-refractivity contribution >= 4 is 12.0 Å². The van der Waals surface area contributed by atoms with Crippen LogP contribution >= 0.6 is 0 Å². The van der Waals surface area contributed by atoms with Gasteiger partial charge in [0.05, 0.1) is 19.9 Å². The Bertz CT molecular complexity index is 706. The summed E-state index contributed by atoms with van der Waals surface area (Å²) in [6, 6.07) is 7.48. The first-order valence-corrected chi connectivity index (χ1v) is 7.27. The van der Waals surface area contributed by atoms with Gasteiger partial charge in [-0.15, -0.1) is 0 Å². The number of rotatable bonds is 4. The number of methoxy groups -OCH3 is 2. The highest BCUT2D eigenvalue weighted by Gasteiger charge is 2.25. The average Bonchev–Trinajstić information content (AvgIpc) is 2.96. The van der Waals surface area contributed by atoms with Crippen LogP contribution in [-0.4, -0.2) is 25.3 Å². The third-order valence-corrected chi connectivity index (χ3v) is 3.38. The van der Waals surface area contributed by atoms with E-state index in [2.05, 4.69) is 9.89 Å². The maximum atomic E-state index is 11.4. The van der Waals surface area contributed by atoms with E-state index in [1.165, 1.54) is 13.2 Å². The molecule has 0 bridgehead atoms. The van der Waals surface area contributed by atoms with Crippen molar-refractivity contribution in [1.29, 1.82) is 0 Å². The van der Waals surface area contributed by atoms with Gasteiger partial charge < -0.3 is 14.0 Å². The summed E-state index contributed by atoms with van der Waals surface area (Å²) in [5.41, 5.74) is 2.19. The Hall–Kier alpha value is -2.56. The van der Waals surface area contributed by atoms with E-state index in [4.69, 9.17) is 9.26 Å². The van der Waals surface area contributed by atoms with Gasteiger partial charge >= 0.3 is 5.97 Å². The molecular formula is C18H21NO4.